The monoisotopic (exact) mass is 149 g/mol. The highest BCUT2D eigenvalue weighted by atomic mass is 16.5. The van der Waals surface area contributed by atoms with Crippen LogP contribution in [0.15, 0.2) is 18.2 Å². The fourth-order valence-electron chi connectivity index (χ4n) is 1.36. The van der Waals surface area contributed by atoms with Crippen molar-refractivity contribution in [2.75, 3.05) is 6.61 Å². The first-order valence-electron chi connectivity index (χ1n) is 3.76. The second-order valence-electron chi connectivity index (χ2n) is 2.96. The van der Waals surface area contributed by atoms with Crippen LogP contribution in [0.3, 0.4) is 0 Å². The van der Waals surface area contributed by atoms with Crippen LogP contribution in [0, 0.1) is 6.92 Å². The molecular weight excluding hydrogens is 138 g/mol. The van der Waals surface area contributed by atoms with E-state index in [4.69, 9.17) is 10.5 Å². The third-order valence-electron chi connectivity index (χ3n) is 1.98. The fourth-order valence-corrected chi connectivity index (χ4v) is 1.36. The third kappa shape index (κ3) is 0.994. The molecule has 1 aromatic rings. The molecule has 2 heteroatoms. The zero-order chi connectivity index (χ0) is 7.84. The SMILES string of the molecule is Cc1ccc2c(c1)[C@H](N)CO2. The van der Waals surface area contributed by atoms with E-state index >= 15 is 0 Å². The Morgan fingerprint density at radius 2 is 2.36 bits per heavy atom. The highest BCUT2D eigenvalue weighted by Gasteiger charge is 2.19. The summed E-state index contributed by atoms with van der Waals surface area (Å²) in [6.45, 7) is 2.68. The molecule has 2 nitrogen and oxygen atoms in total. The molecule has 0 fully saturated rings. The van der Waals surface area contributed by atoms with Crippen LogP contribution in [0.4, 0.5) is 0 Å². The number of nitrogens with two attached hydrogens (primary N) is 1. The molecule has 1 aliphatic rings. The third-order valence-corrected chi connectivity index (χ3v) is 1.98. The molecular formula is C9H11NO. The van der Waals surface area contributed by atoms with Crippen LogP contribution >= 0.6 is 0 Å². The molecule has 0 saturated heterocycles. The highest BCUT2D eigenvalue weighted by Crippen LogP contribution is 2.30. The summed E-state index contributed by atoms with van der Waals surface area (Å²) in [6.07, 6.45) is 0. The van der Waals surface area contributed by atoms with Crippen LogP contribution in [0.2, 0.25) is 0 Å². The predicted molar refractivity (Wildman–Crippen MR) is 43.6 cm³/mol. The molecule has 1 aromatic carbocycles. The lowest BCUT2D eigenvalue weighted by Crippen LogP contribution is -2.10. The average molecular weight is 149 g/mol. The van der Waals surface area contributed by atoms with E-state index in [1.807, 2.05) is 12.1 Å². The molecule has 0 bridgehead atoms. The maximum Gasteiger partial charge on any atom is 0.124 e. The Kier molecular flexibility index (Phi) is 1.36. The first-order valence-corrected chi connectivity index (χ1v) is 3.76. The van der Waals surface area contributed by atoms with Crippen LogP contribution in [0.1, 0.15) is 17.2 Å². The minimum atomic E-state index is 0.0740. The first-order chi connectivity index (χ1) is 5.27. The van der Waals surface area contributed by atoms with Gasteiger partial charge >= 0.3 is 0 Å². The van der Waals surface area contributed by atoms with Gasteiger partial charge in [-0.1, -0.05) is 17.7 Å². The molecule has 1 atom stereocenters. The van der Waals surface area contributed by atoms with E-state index in [1.54, 1.807) is 0 Å². The lowest BCUT2D eigenvalue weighted by atomic mass is 10.1. The van der Waals surface area contributed by atoms with Crippen molar-refractivity contribution < 1.29 is 4.74 Å². The van der Waals surface area contributed by atoms with Gasteiger partial charge < -0.3 is 10.5 Å². The standard InChI is InChI=1S/C9H11NO/c1-6-2-3-9-7(4-6)8(10)5-11-9/h2-4,8H,5,10H2,1H3/t8-/m1/s1. The Balaban J connectivity index is 2.52. The smallest absolute Gasteiger partial charge is 0.124 e. The van der Waals surface area contributed by atoms with E-state index in [2.05, 4.69) is 13.0 Å². The number of benzene rings is 1. The number of rotatable bonds is 0. The van der Waals surface area contributed by atoms with Crippen molar-refractivity contribution in [1.82, 2.24) is 0 Å². The van der Waals surface area contributed by atoms with E-state index < -0.39 is 0 Å². The molecule has 58 valence electrons. The summed E-state index contributed by atoms with van der Waals surface area (Å²) in [5.74, 6) is 0.947. The minimum absolute atomic E-state index is 0.0740. The van der Waals surface area contributed by atoms with Crippen molar-refractivity contribution in [3.63, 3.8) is 0 Å². The molecule has 0 saturated carbocycles. The van der Waals surface area contributed by atoms with E-state index in [9.17, 15) is 0 Å². The van der Waals surface area contributed by atoms with Crippen molar-refractivity contribution in [2.24, 2.45) is 5.73 Å². The van der Waals surface area contributed by atoms with E-state index in [0.717, 1.165) is 11.3 Å². The number of hydrogen-bond donors (Lipinski definition) is 1. The Morgan fingerprint density at radius 1 is 1.55 bits per heavy atom. The Morgan fingerprint density at radius 3 is 3.18 bits per heavy atom. The molecule has 1 heterocycles. The van der Waals surface area contributed by atoms with E-state index in [0.29, 0.717) is 6.61 Å². The molecule has 0 aliphatic carbocycles. The summed E-state index contributed by atoms with van der Waals surface area (Å²) in [4.78, 5) is 0. The second-order valence-corrected chi connectivity index (χ2v) is 2.96. The number of hydrogen-bond acceptors (Lipinski definition) is 2. The van der Waals surface area contributed by atoms with E-state index in [1.165, 1.54) is 5.56 Å². The van der Waals surface area contributed by atoms with Gasteiger partial charge in [0.1, 0.15) is 12.4 Å². The van der Waals surface area contributed by atoms with Gasteiger partial charge in [-0.2, -0.15) is 0 Å². The first kappa shape index (κ1) is 6.68. The molecule has 0 radical (unpaired) electrons. The lowest BCUT2D eigenvalue weighted by molar-refractivity contribution is 0.333. The minimum Gasteiger partial charge on any atom is -0.491 e. The number of ether oxygens (including phenoxy) is 1. The summed E-state index contributed by atoms with van der Waals surface area (Å²) >= 11 is 0. The lowest BCUT2D eigenvalue weighted by Gasteiger charge is -2.00. The molecule has 0 aromatic heterocycles. The van der Waals surface area contributed by atoms with Crippen LogP contribution in [0.5, 0.6) is 5.75 Å². The van der Waals surface area contributed by atoms with Gasteiger partial charge in [-0.05, 0) is 13.0 Å². The molecule has 1 aliphatic heterocycles. The van der Waals surface area contributed by atoms with Crippen molar-refractivity contribution >= 4 is 0 Å². The van der Waals surface area contributed by atoms with Crippen LogP contribution in [0.25, 0.3) is 0 Å². The van der Waals surface area contributed by atoms with Gasteiger partial charge in [-0.25, -0.2) is 0 Å². The fraction of sp³-hybridized carbons (Fsp3) is 0.333. The van der Waals surface area contributed by atoms with Crippen LogP contribution < -0.4 is 10.5 Å². The van der Waals surface area contributed by atoms with Crippen LogP contribution in [-0.2, 0) is 0 Å². The van der Waals surface area contributed by atoms with Crippen molar-refractivity contribution in [3.8, 4) is 5.75 Å². The quantitative estimate of drug-likeness (QED) is 0.605. The van der Waals surface area contributed by atoms with Crippen LogP contribution in [-0.4, -0.2) is 6.61 Å². The van der Waals surface area contributed by atoms with Gasteiger partial charge in [0.2, 0.25) is 0 Å². The zero-order valence-electron chi connectivity index (χ0n) is 6.50. The molecule has 11 heavy (non-hydrogen) atoms. The Bertz CT molecular complexity index is 283. The van der Waals surface area contributed by atoms with Crippen molar-refractivity contribution in [2.45, 2.75) is 13.0 Å². The summed E-state index contributed by atoms with van der Waals surface area (Å²) in [6, 6.07) is 6.19. The van der Waals surface area contributed by atoms with Gasteiger partial charge in [0.15, 0.2) is 0 Å². The average Bonchev–Trinajstić information content (AvgIpc) is 2.33. The van der Waals surface area contributed by atoms with Gasteiger partial charge in [-0.15, -0.1) is 0 Å². The molecule has 2 N–H and O–H groups in total. The highest BCUT2D eigenvalue weighted by molar-refractivity contribution is 5.41. The summed E-state index contributed by atoms with van der Waals surface area (Å²) in [5, 5.41) is 0. The summed E-state index contributed by atoms with van der Waals surface area (Å²) in [5.41, 5.74) is 8.17. The van der Waals surface area contributed by atoms with Crippen molar-refractivity contribution in [3.05, 3.63) is 29.3 Å². The number of aryl methyl sites for hydroxylation is 1. The Hall–Kier alpha value is -1.02. The predicted octanol–water partition coefficient (Wildman–Crippen LogP) is 1.39. The molecule has 0 amide bonds. The largest absolute Gasteiger partial charge is 0.491 e. The van der Waals surface area contributed by atoms with Gasteiger partial charge in [-0.3, -0.25) is 0 Å². The van der Waals surface area contributed by atoms with Gasteiger partial charge in [0.25, 0.3) is 0 Å². The molecule has 0 unspecified atom stereocenters. The maximum atomic E-state index is 5.79. The van der Waals surface area contributed by atoms with Crippen molar-refractivity contribution in [1.29, 1.82) is 0 Å². The Labute approximate surface area is 66.0 Å². The summed E-state index contributed by atoms with van der Waals surface area (Å²) < 4.78 is 5.34. The van der Waals surface area contributed by atoms with Gasteiger partial charge in [0, 0.05) is 5.56 Å². The second kappa shape index (κ2) is 2.24. The topological polar surface area (TPSA) is 35.2 Å². The molecule has 0 spiro atoms. The molecule has 2 rings (SSSR count). The summed E-state index contributed by atoms with van der Waals surface area (Å²) in [7, 11) is 0. The van der Waals surface area contributed by atoms with E-state index in [-0.39, 0.29) is 6.04 Å². The number of fused-ring (bicyclic) bond motifs is 1. The van der Waals surface area contributed by atoms with Gasteiger partial charge in [0.05, 0.1) is 6.04 Å². The zero-order valence-corrected chi connectivity index (χ0v) is 6.50. The maximum absolute atomic E-state index is 5.79. The normalized spacial score (nSPS) is 21.1.